The van der Waals surface area contributed by atoms with E-state index in [0.717, 1.165) is 32.5 Å². The van der Waals surface area contributed by atoms with E-state index in [-0.39, 0.29) is 11.9 Å². The van der Waals surface area contributed by atoms with Gasteiger partial charge in [0.05, 0.1) is 6.54 Å². The number of aromatic nitrogens is 2. The average molecular weight is 342 g/mol. The summed E-state index contributed by atoms with van der Waals surface area (Å²) in [6.45, 7) is 6.97. The number of hydrogen-bond acceptors (Lipinski definition) is 5. The third-order valence-electron chi connectivity index (χ3n) is 4.78. The van der Waals surface area contributed by atoms with Gasteiger partial charge in [0.1, 0.15) is 0 Å². The van der Waals surface area contributed by atoms with E-state index in [1.807, 2.05) is 17.9 Å². The van der Waals surface area contributed by atoms with Crippen molar-refractivity contribution in [1.82, 2.24) is 19.9 Å². The molecule has 0 unspecified atom stereocenters. The fraction of sp³-hybridized carbons (Fsp3) is 0.526. The highest BCUT2D eigenvalue weighted by Gasteiger charge is 2.30. The second-order valence-corrected chi connectivity index (χ2v) is 6.58. The molecule has 0 spiro atoms. The summed E-state index contributed by atoms with van der Waals surface area (Å²) < 4.78 is 5.16. The lowest BCUT2D eigenvalue weighted by molar-refractivity contribution is -0.131. The Morgan fingerprint density at radius 3 is 2.84 bits per heavy atom. The lowest BCUT2D eigenvalue weighted by atomic mass is 10.1. The number of amides is 1. The molecule has 134 valence electrons. The summed E-state index contributed by atoms with van der Waals surface area (Å²) in [5.41, 5.74) is 1.35. The molecular formula is C19H26N4O2. The van der Waals surface area contributed by atoms with Crippen LogP contribution in [0.15, 0.2) is 34.9 Å². The lowest BCUT2D eigenvalue weighted by Gasteiger charge is -2.27. The zero-order chi connectivity index (χ0) is 17.6. The first-order valence-electron chi connectivity index (χ1n) is 9.00. The topological polar surface area (TPSA) is 62.5 Å². The zero-order valence-corrected chi connectivity index (χ0v) is 15.0. The number of carbonyl (C=O) groups excluding carboxylic acids is 1. The molecule has 2 heterocycles. The monoisotopic (exact) mass is 342 g/mol. The molecule has 1 aromatic carbocycles. The zero-order valence-electron chi connectivity index (χ0n) is 15.0. The van der Waals surface area contributed by atoms with Crippen LogP contribution in [0.25, 0.3) is 0 Å². The molecule has 1 aliphatic heterocycles. The van der Waals surface area contributed by atoms with Gasteiger partial charge in [0.25, 0.3) is 0 Å². The Bertz CT molecular complexity index is 686. The van der Waals surface area contributed by atoms with Gasteiger partial charge in [-0.25, -0.2) is 0 Å². The second-order valence-electron chi connectivity index (χ2n) is 6.58. The molecule has 0 saturated carbocycles. The van der Waals surface area contributed by atoms with Gasteiger partial charge in [-0.05, 0) is 18.4 Å². The van der Waals surface area contributed by atoms with Crippen molar-refractivity contribution in [2.24, 2.45) is 0 Å². The maximum atomic E-state index is 12.1. The third-order valence-corrected chi connectivity index (χ3v) is 4.78. The summed E-state index contributed by atoms with van der Waals surface area (Å²) in [5.74, 6) is 1.28. The summed E-state index contributed by atoms with van der Waals surface area (Å²) in [4.78, 5) is 20.8. The minimum absolute atomic E-state index is 0.0674. The molecule has 1 saturated heterocycles. The second kappa shape index (κ2) is 8.25. The summed E-state index contributed by atoms with van der Waals surface area (Å²) in [5, 5.41) is 3.98. The maximum Gasteiger partial charge on any atom is 0.226 e. The fourth-order valence-electron chi connectivity index (χ4n) is 3.35. The fourth-order valence-corrected chi connectivity index (χ4v) is 3.35. The molecule has 6 nitrogen and oxygen atoms in total. The molecule has 1 amide bonds. The van der Waals surface area contributed by atoms with Crippen LogP contribution in [0.4, 0.5) is 0 Å². The van der Waals surface area contributed by atoms with Gasteiger partial charge in [-0.2, -0.15) is 4.98 Å². The molecule has 1 aliphatic rings. The van der Waals surface area contributed by atoms with Crippen molar-refractivity contribution in [2.45, 2.75) is 45.7 Å². The highest BCUT2D eigenvalue weighted by molar-refractivity contribution is 5.73. The predicted octanol–water partition coefficient (Wildman–Crippen LogP) is 2.30. The summed E-state index contributed by atoms with van der Waals surface area (Å²) >= 11 is 0. The molecule has 1 fully saturated rings. The largest absolute Gasteiger partial charge is 0.339 e. The van der Waals surface area contributed by atoms with E-state index in [1.165, 1.54) is 5.56 Å². The van der Waals surface area contributed by atoms with Crippen molar-refractivity contribution in [3.8, 4) is 0 Å². The van der Waals surface area contributed by atoms with Gasteiger partial charge in [-0.15, -0.1) is 0 Å². The van der Waals surface area contributed by atoms with Crippen LogP contribution in [0.5, 0.6) is 0 Å². The van der Waals surface area contributed by atoms with Crippen LogP contribution in [-0.2, 0) is 24.2 Å². The molecule has 0 aliphatic carbocycles. The highest BCUT2D eigenvalue weighted by atomic mass is 16.5. The van der Waals surface area contributed by atoms with E-state index >= 15 is 0 Å². The number of nitrogens with zero attached hydrogens (tertiary/aromatic N) is 4. The Hall–Kier alpha value is -2.21. The van der Waals surface area contributed by atoms with Gasteiger partial charge >= 0.3 is 0 Å². The molecule has 0 bridgehead atoms. The SMILES string of the molecule is CCc1nc(CN(C(C)=O)[C@@H]2CCN(CCc3ccccc3)C2)no1. The van der Waals surface area contributed by atoms with Gasteiger partial charge in [0.15, 0.2) is 5.82 Å². The van der Waals surface area contributed by atoms with Gasteiger partial charge in [-0.3, -0.25) is 4.79 Å². The van der Waals surface area contributed by atoms with E-state index in [1.54, 1.807) is 6.92 Å². The van der Waals surface area contributed by atoms with E-state index in [4.69, 9.17) is 4.52 Å². The van der Waals surface area contributed by atoms with Crippen LogP contribution in [0.2, 0.25) is 0 Å². The van der Waals surface area contributed by atoms with Gasteiger partial charge < -0.3 is 14.3 Å². The van der Waals surface area contributed by atoms with Crippen LogP contribution in [0.1, 0.15) is 37.5 Å². The lowest BCUT2D eigenvalue weighted by Crippen LogP contribution is -2.40. The van der Waals surface area contributed by atoms with Crippen LogP contribution < -0.4 is 0 Å². The van der Waals surface area contributed by atoms with Gasteiger partial charge in [0, 0.05) is 39.0 Å². The maximum absolute atomic E-state index is 12.1. The average Bonchev–Trinajstić information content (AvgIpc) is 3.27. The molecule has 0 radical (unpaired) electrons. The molecule has 1 aromatic heterocycles. The third kappa shape index (κ3) is 4.66. The molecule has 6 heteroatoms. The van der Waals surface area contributed by atoms with Gasteiger partial charge in [0.2, 0.25) is 11.8 Å². The Labute approximate surface area is 148 Å². The molecular weight excluding hydrogens is 316 g/mol. The normalized spacial score (nSPS) is 17.8. The summed E-state index contributed by atoms with van der Waals surface area (Å²) in [7, 11) is 0. The Kier molecular flexibility index (Phi) is 5.81. The van der Waals surface area contributed by atoms with Crippen molar-refractivity contribution in [1.29, 1.82) is 0 Å². The first-order valence-corrected chi connectivity index (χ1v) is 9.00. The Balaban J connectivity index is 1.55. The van der Waals surface area contributed by atoms with E-state index in [9.17, 15) is 4.79 Å². The predicted molar refractivity (Wildman–Crippen MR) is 94.9 cm³/mol. The highest BCUT2D eigenvalue weighted by Crippen LogP contribution is 2.18. The molecule has 0 N–H and O–H groups in total. The molecule has 25 heavy (non-hydrogen) atoms. The Morgan fingerprint density at radius 1 is 1.36 bits per heavy atom. The van der Waals surface area contributed by atoms with Crippen molar-refractivity contribution < 1.29 is 9.32 Å². The Morgan fingerprint density at radius 2 is 2.16 bits per heavy atom. The minimum Gasteiger partial charge on any atom is -0.339 e. The van der Waals surface area contributed by atoms with Crippen LogP contribution in [-0.4, -0.2) is 51.5 Å². The molecule has 2 aromatic rings. The van der Waals surface area contributed by atoms with Crippen LogP contribution in [0, 0.1) is 0 Å². The number of hydrogen-bond donors (Lipinski definition) is 0. The summed E-state index contributed by atoms with van der Waals surface area (Å²) in [6, 6.07) is 10.7. The number of likely N-dealkylation sites (tertiary alicyclic amines) is 1. The van der Waals surface area contributed by atoms with Crippen molar-refractivity contribution >= 4 is 5.91 Å². The minimum atomic E-state index is 0.0674. The van der Waals surface area contributed by atoms with E-state index in [0.29, 0.717) is 24.7 Å². The molecule has 3 rings (SSSR count). The first-order chi connectivity index (χ1) is 12.2. The number of benzene rings is 1. The molecule has 1 atom stereocenters. The van der Waals surface area contributed by atoms with Crippen molar-refractivity contribution in [2.75, 3.05) is 19.6 Å². The van der Waals surface area contributed by atoms with E-state index < -0.39 is 0 Å². The van der Waals surface area contributed by atoms with Gasteiger partial charge in [-0.1, -0.05) is 42.4 Å². The standard InChI is InChI=1S/C19H26N4O2/c1-3-19-20-18(21-25-19)14-23(15(2)24)17-10-12-22(13-17)11-9-16-7-5-4-6-8-16/h4-8,17H,3,9-14H2,1-2H3/t17-/m1/s1. The van der Waals surface area contributed by atoms with E-state index in [2.05, 4.69) is 39.3 Å². The first kappa shape index (κ1) is 17.6. The van der Waals surface area contributed by atoms with Crippen LogP contribution in [0.3, 0.4) is 0 Å². The van der Waals surface area contributed by atoms with Crippen molar-refractivity contribution in [3.63, 3.8) is 0 Å². The summed E-state index contributed by atoms with van der Waals surface area (Å²) in [6.07, 6.45) is 2.74. The number of carbonyl (C=O) groups is 1. The smallest absolute Gasteiger partial charge is 0.226 e. The quantitative estimate of drug-likeness (QED) is 0.772. The van der Waals surface area contributed by atoms with Crippen molar-refractivity contribution in [3.05, 3.63) is 47.6 Å². The number of aryl methyl sites for hydroxylation is 1. The van der Waals surface area contributed by atoms with Crippen LogP contribution >= 0.6 is 0 Å². The number of rotatable bonds is 7.